The van der Waals surface area contributed by atoms with E-state index in [-0.39, 0.29) is 31.4 Å². The number of nitrogens with one attached hydrogen (secondary N) is 2. The highest BCUT2D eigenvalue weighted by molar-refractivity contribution is 6.13. The van der Waals surface area contributed by atoms with Gasteiger partial charge in [-0.3, -0.25) is 19.6 Å². The van der Waals surface area contributed by atoms with Crippen molar-refractivity contribution < 1.29 is 32.3 Å². The topological polar surface area (TPSA) is 129 Å². The summed E-state index contributed by atoms with van der Waals surface area (Å²) in [5.74, 6) is 0.823. The second-order valence-corrected chi connectivity index (χ2v) is 14.1. The molecular formula is C47H37FN4O6. The Morgan fingerprint density at radius 2 is 1.00 bits per heavy atom. The van der Waals surface area contributed by atoms with Crippen molar-refractivity contribution in [1.29, 1.82) is 0 Å². The van der Waals surface area contributed by atoms with Crippen molar-refractivity contribution in [2.75, 3.05) is 14.1 Å². The quantitative estimate of drug-likeness (QED) is 0.181. The lowest BCUT2D eigenvalue weighted by atomic mass is 9.97. The fraction of sp³-hybridized carbons (Fsp3) is 0.149. The average Bonchev–Trinajstić information content (AvgIpc) is 3.83. The van der Waals surface area contributed by atoms with E-state index in [0.29, 0.717) is 90.7 Å². The molecule has 4 aromatic heterocycles. The molecule has 288 valence electrons. The molecule has 9 rings (SSSR count). The third kappa shape index (κ3) is 6.70. The Hall–Kier alpha value is -7.27. The molecule has 58 heavy (non-hydrogen) atoms. The summed E-state index contributed by atoms with van der Waals surface area (Å²) in [5, 5.41) is 6.78. The third-order valence-corrected chi connectivity index (χ3v) is 10.4. The van der Waals surface area contributed by atoms with E-state index in [1.807, 2.05) is 85.8 Å². The van der Waals surface area contributed by atoms with Crippen LogP contribution in [0, 0.1) is 12.7 Å². The van der Waals surface area contributed by atoms with Crippen molar-refractivity contribution in [2.45, 2.75) is 33.0 Å². The Balaban J connectivity index is 1.19. The predicted molar refractivity (Wildman–Crippen MR) is 218 cm³/mol. The lowest BCUT2D eigenvalue weighted by Crippen LogP contribution is -2.18. The lowest BCUT2D eigenvalue weighted by Gasteiger charge is -2.16. The maximum atomic E-state index is 14.0. The Kier molecular flexibility index (Phi) is 9.41. The Morgan fingerprint density at radius 1 is 0.569 bits per heavy atom. The molecule has 0 atom stereocenters. The van der Waals surface area contributed by atoms with Gasteiger partial charge in [0.25, 0.3) is 11.8 Å². The zero-order chi connectivity index (χ0) is 39.9. The summed E-state index contributed by atoms with van der Waals surface area (Å²) in [7, 11) is 3.16. The fourth-order valence-corrected chi connectivity index (χ4v) is 7.58. The van der Waals surface area contributed by atoms with Crippen molar-refractivity contribution >= 4 is 33.8 Å². The van der Waals surface area contributed by atoms with E-state index in [2.05, 4.69) is 10.6 Å². The Morgan fingerprint density at radius 3 is 1.45 bits per heavy atom. The van der Waals surface area contributed by atoms with Gasteiger partial charge in [0.1, 0.15) is 53.2 Å². The zero-order valence-corrected chi connectivity index (χ0v) is 31.9. The van der Waals surface area contributed by atoms with Crippen LogP contribution in [0.3, 0.4) is 0 Å². The second-order valence-electron chi connectivity index (χ2n) is 14.1. The highest BCUT2D eigenvalue weighted by Crippen LogP contribution is 2.42. The van der Waals surface area contributed by atoms with Gasteiger partial charge in [0.2, 0.25) is 0 Å². The number of hydrogen-bond donors (Lipinski definition) is 2. The van der Waals surface area contributed by atoms with Crippen LogP contribution in [0.25, 0.3) is 44.6 Å². The normalized spacial score (nSPS) is 12.6. The van der Waals surface area contributed by atoms with Crippen LogP contribution in [0.15, 0.2) is 118 Å². The first kappa shape index (κ1) is 36.4. The summed E-state index contributed by atoms with van der Waals surface area (Å²) in [6.45, 7) is 2.24. The third-order valence-electron chi connectivity index (χ3n) is 10.4. The number of amides is 2. The van der Waals surface area contributed by atoms with Crippen LogP contribution >= 0.6 is 0 Å². The van der Waals surface area contributed by atoms with Crippen molar-refractivity contribution in [3.05, 3.63) is 166 Å². The van der Waals surface area contributed by atoms with Gasteiger partial charge in [-0.2, -0.15) is 0 Å². The van der Waals surface area contributed by atoms with Gasteiger partial charge in [0, 0.05) is 71.4 Å². The lowest BCUT2D eigenvalue weighted by molar-refractivity contribution is 0.0956. The van der Waals surface area contributed by atoms with E-state index in [0.717, 1.165) is 22.4 Å². The molecule has 5 heterocycles. The smallest absolute Gasteiger partial charge is 0.255 e. The minimum atomic E-state index is -0.399. The van der Waals surface area contributed by atoms with E-state index >= 15 is 0 Å². The summed E-state index contributed by atoms with van der Waals surface area (Å²) in [5.41, 5.74) is 8.36. The molecule has 0 aliphatic carbocycles. The number of pyridine rings is 2. The number of halogens is 1. The highest BCUT2D eigenvalue weighted by atomic mass is 19.1. The molecule has 0 spiro atoms. The predicted octanol–water partition coefficient (Wildman–Crippen LogP) is 9.12. The van der Waals surface area contributed by atoms with Crippen molar-refractivity contribution in [1.82, 2.24) is 20.6 Å². The molecule has 0 unspecified atom stereocenters. The standard InChI is InChI=1S/C47H37FN4O6/c1-26-10-12-27(13-11-26)44-42(46(53)49-2)40-34-22-30-6-4-8-33(51-30)25-56-37-19-21-39-41(43(47(54)50-3)45(58-39)28-14-16-29(48)17-15-28)35(37)23-31-7-5-9-32(52-31)24-55-36(34)18-20-38(40)57-44/h4-21H,22-25H2,1-3H3,(H,49,53)(H,50,54). The maximum absolute atomic E-state index is 14.0. The monoisotopic (exact) mass is 772 g/mol. The zero-order valence-electron chi connectivity index (χ0n) is 31.9. The van der Waals surface area contributed by atoms with E-state index in [4.69, 9.17) is 28.3 Å². The van der Waals surface area contributed by atoms with Crippen molar-refractivity contribution in [3.63, 3.8) is 0 Å². The van der Waals surface area contributed by atoms with Crippen molar-refractivity contribution in [3.8, 4) is 34.1 Å². The molecule has 8 aromatic rings. The minimum absolute atomic E-state index is 0.109. The van der Waals surface area contributed by atoms with E-state index < -0.39 is 5.82 Å². The van der Waals surface area contributed by atoms with Gasteiger partial charge in [-0.15, -0.1) is 0 Å². The van der Waals surface area contributed by atoms with Gasteiger partial charge in [-0.05, 0) is 79.7 Å². The van der Waals surface area contributed by atoms with Crippen LogP contribution in [0.4, 0.5) is 4.39 Å². The van der Waals surface area contributed by atoms with Gasteiger partial charge < -0.3 is 28.9 Å². The number of carbonyl (C=O) groups is 2. The molecule has 4 aromatic carbocycles. The number of aromatic nitrogens is 2. The van der Waals surface area contributed by atoms with Crippen LogP contribution in [-0.2, 0) is 26.1 Å². The SMILES string of the molecule is CNC(=O)c1c(-c2ccc(C)cc2)oc2ccc3c(c12)Cc1cccc(n1)COc1ccc2oc(-c4ccc(F)cc4)c(C(=O)NC)c2c1Cc1cccc(n1)CO3. The first-order chi connectivity index (χ1) is 28.3. The number of benzene rings is 4. The summed E-state index contributed by atoms with van der Waals surface area (Å²) in [4.78, 5) is 37.4. The molecule has 2 amide bonds. The Labute approximate surface area is 332 Å². The molecule has 0 radical (unpaired) electrons. The van der Waals surface area contributed by atoms with Gasteiger partial charge in [0.05, 0.1) is 22.5 Å². The highest BCUT2D eigenvalue weighted by Gasteiger charge is 2.28. The number of carbonyl (C=O) groups excluding carboxylic acids is 2. The van der Waals surface area contributed by atoms with Gasteiger partial charge in [-0.25, -0.2) is 4.39 Å². The number of nitrogens with zero attached hydrogens (tertiary/aromatic N) is 2. The van der Waals surface area contributed by atoms with E-state index in [1.54, 1.807) is 32.3 Å². The first-order valence-electron chi connectivity index (χ1n) is 18.9. The van der Waals surface area contributed by atoms with Crippen LogP contribution in [0.2, 0.25) is 0 Å². The number of fused-ring (bicyclic) bond motifs is 10. The number of furan rings is 2. The van der Waals surface area contributed by atoms with Crippen LogP contribution in [0.1, 0.15) is 60.2 Å². The maximum Gasteiger partial charge on any atom is 0.255 e. The van der Waals surface area contributed by atoms with Gasteiger partial charge in [-0.1, -0.05) is 42.0 Å². The first-order valence-corrected chi connectivity index (χ1v) is 18.9. The number of ether oxygens (including phenoxy) is 2. The largest absolute Gasteiger partial charge is 0.487 e. The molecule has 2 N–H and O–H groups in total. The molecule has 0 saturated carbocycles. The van der Waals surface area contributed by atoms with Crippen LogP contribution in [0.5, 0.6) is 11.5 Å². The molecule has 0 fully saturated rings. The number of rotatable bonds is 4. The van der Waals surface area contributed by atoms with Gasteiger partial charge >= 0.3 is 0 Å². The Bertz CT molecular complexity index is 2680. The van der Waals surface area contributed by atoms with E-state index in [1.165, 1.54) is 12.1 Å². The summed E-state index contributed by atoms with van der Waals surface area (Å²) in [6.07, 6.45) is 0.600. The summed E-state index contributed by atoms with van der Waals surface area (Å²) < 4.78 is 39.9. The summed E-state index contributed by atoms with van der Waals surface area (Å²) in [6, 6.07) is 32.4. The second kappa shape index (κ2) is 15.0. The number of aryl methyl sites for hydroxylation is 1. The average molecular weight is 773 g/mol. The van der Waals surface area contributed by atoms with Crippen molar-refractivity contribution in [2.24, 2.45) is 0 Å². The molecule has 1 aliphatic rings. The molecular weight excluding hydrogens is 736 g/mol. The molecule has 11 heteroatoms. The molecule has 10 nitrogen and oxygen atoms in total. The molecule has 0 saturated heterocycles. The molecule has 4 bridgehead atoms. The fourth-order valence-electron chi connectivity index (χ4n) is 7.58. The molecule has 1 aliphatic heterocycles. The van der Waals surface area contributed by atoms with Crippen LogP contribution in [-0.4, -0.2) is 35.9 Å². The number of hydrogen-bond acceptors (Lipinski definition) is 8. The van der Waals surface area contributed by atoms with E-state index in [9.17, 15) is 14.0 Å². The summed E-state index contributed by atoms with van der Waals surface area (Å²) >= 11 is 0. The van der Waals surface area contributed by atoms with Gasteiger partial charge in [0.15, 0.2) is 0 Å². The van der Waals surface area contributed by atoms with Crippen LogP contribution < -0.4 is 20.1 Å². The minimum Gasteiger partial charge on any atom is -0.487 e.